The van der Waals surface area contributed by atoms with E-state index in [0.717, 1.165) is 0 Å². The molecule has 1 N–H and O–H groups in total. The van der Waals surface area contributed by atoms with E-state index in [-0.39, 0.29) is 12.2 Å². The number of esters is 1. The molecule has 1 aromatic rings. The van der Waals surface area contributed by atoms with Crippen molar-refractivity contribution in [3.63, 3.8) is 0 Å². The van der Waals surface area contributed by atoms with Gasteiger partial charge < -0.3 is 10.1 Å². The highest BCUT2D eigenvalue weighted by atomic mass is 35.5. The van der Waals surface area contributed by atoms with Gasteiger partial charge in [0.05, 0.1) is 29.1 Å². The molecule has 1 rings (SSSR count). The molecule has 0 aliphatic heterocycles. The molecule has 0 radical (unpaired) electrons. The van der Waals surface area contributed by atoms with Gasteiger partial charge in [0, 0.05) is 5.56 Å². The summed E-state index contributed by atoms with van der Waals surface area (Å²) in [5, 5.41) is 3.67. The second kappa shape index (κ2) is 8.25. The predicted molar refractivity (Wildman–Crippen MR) is 79.5 cm³/mol. The lowest BCUT2D eigenvalue weighted by Crippen LogP contribution is -2.39. The van der Waals surface area contributed by atoms with Crippen molar-refractivity contribution in [1.29, 1.82) is 0 Å². The van der Waals surface area contributed by atoms with Crippen LogP contribution >= 0.6 is 23.2 Å². The molecular formula is C14H17Cl2NO3. The Balaban J connectivity index is 2.87. The second-order valence-electron chi connectivity index (χ2n) is 4.11. The Hall–Kier alpha value is -1.10. The summed E-state index contributed by atoms with van der Waals surface area (Å²) in [5.74, 6) is -0.620. The Kier molecular flexibility index (Phi) is 6.99. The van der Waals surface area contributed by atoms with Gasteiger partial charge in [-0.15, -0.1) is 0 Å². The van der Waals surface area contributed by atoms with E-state index >= 15 is 0 Å². The Morgan fingerprint density at radius 2 is 1.95 bits per heavy atom. The standard InChI is InChI=1S/C14H17Cl2NO3/c1-3-17-12(8-13(18)20-4-2)14(19)9-5-6-10(15)11(16)7-9/h5-7,12,17H,3-4,8H2,1-2H3. The number of carbonyl (C=O) groups excluding carboxylic acids is 2. The van der Waals surface area contributed by atoms with E-state index in [0.29, 0.717) is 28.8 Å². The predicted octanol–water partition coefficient (Wildman–Crippen LogP) is 3.11. The summed E-state index contributed by atoms with van der Waals surface area (Å²) in [6, 6.07) is 4.02. The fraction of sp³-hybridized carbons (Fsp3) is 0.429. The first-order valence-electron chi connectivity index (χ1n) is 6.37. The van der Waals surface area contributed by atoms with Crippen molar-refractivity contribution in [3.05, 3.63) is 33.8 Å². The third kappa shape index (κ3) is 4.78. The van der Waals surface area contributed by atoms with Gasteiger partial charge in [-0.1, -0.05) is 30.1 Å². The van der Waals surface area contributed by atoms with Gasteiger partial charge in [0.2, 0.25) is 0 Å². The van der Waals surface area contributed by atoms with E-state index in [1.807, 2.05) is 6.92 Å². The molecule has 20 heavy (non-hydrogen) atoms. The van der Waals surface area contributed by atoms with Crippen LogP contribution in [0, 0.1) is 0 Å². The first kappa shape index (κ1) is 17.0. The minimum Gasteiger partial charge on any atom is -0.466 e. The number of ketones is 1. The van der Waals surface area contributed by atoms with E-state index < -0.39 is 12.0 Å². The maximum atomic E-state index is 12.4. The van der Waals surface area contributed by atoms with Crippen molar-refractivity contribution in [2.24, 2.45) is 0 Å². The third-order valence-corrected chi connectivity index (χ3v) is 3.39. The molecule has 0 aliphatic carbocycles. The Morgan fingerprint density at radius 1 is 1.25 bits per heavy atom. The maximum Gasteiger partial charge on any atom is 0.307 e. The molecular weight excluding hydrogens is 301 g/mol. The second-order valence-corrected chi connectivity index (χ2v) is 4.93. The highest BCUT2D eigenvalue weighted by molar-refractivity contribution is 6.42. The normalized spacial score (nSPS) is 12.0. The van der Waals surface area contributed by atoms with E-state index in [4.69, 9.17) is 27.9 Å². The average molecular weight is 318 g/mol. The molecule has 1 aromatic carbocycles. The average Bonchev–Trinajstić information content (AvgIpc) is 2.41. The van der Waals surface area contributed by atoms with Crippen LogP contribution in [-0.2, 0) is 9.53 Å². The zero-order chi connectivity index (χ0) is 15.1. The molecule has 110 valence electrons. The minimum absolute atomic E-state index is 0.0131. The highest BCUT2D eigenvalue weighted by Crippen LogP contribution is 2.23. The quantitative estimate of drug-likeness (QED) is 0.620. The number of carbonyl (C=O) groups is 2. The summed E-state index contributed by atoms with van der Waals surface area (Å²) in [5.41, 5.74) is 0.412. The number of hydrogen-bond donors (Lipinski definition) is 1. The molecule has 0 bridgehead atoms. The van der Waals surface area contributed by atoms with Crippen molar-refractivity contribution in [1.82, 2.24) is 5.32 Å². The number of Topliss-reactive ketones (excluding diaryl/α,β-unsaturated/α-hetero) is 1. The van der Waals surface area contributed by atoms with Gasteiger partial charge in [-0.3, -0.25) is 9.59 Å². The van der Waals surface area contributed by atoms with E-state index in [1.54, 1.807) is 19.1 Å². The highest BCUT2D eigenvalue weighted by Gasteiger charge is 2.23. The smallest absolute Gasteiger partial charge is 0.307 e. The van der Waals surface area contributed by atoms with Gasteiger partial charge in [0.1, 0.15) is 0 Å². The van der Waals surface area contributed by atoms with Gasteiger partial charge in [0.15, 0.2) is 5.78 Å². The van der Waals surface area contributed by atoms with Gasteiger partial charge in [-0.25, -0.2) is 0 Å². The molecule has 0 heterocycles. The first-order chi connectivity index (χ1) is 9.49. The van der Waals surface area contributed by atoms with E-state index in [2.05, 4.69) is 5.32 Å². The van der Waals surface area contributed by atoms with Crippen LogP contribution in [0.3, 0.4) is 0 Å². The molecule has 1 unspecified atom stereocenters. The minimum atomic E-state index is -0.628. The number of benzene rings is 1. The largest absolute Gasteiger partial charge is 0.466 e. The molecule has 0 fully saturated rings. The summed E-state index contributed by atoms with van der Waals surface area (Å²) < 4.78 is 4.87. The van der Waals surface area contributed by atoms with Crippen LogP contribution < -0.4 is 5.32 Å². The zero-order valence-electron chi connectivity index (χ0n) is 11.4. The van der Waals surface area contributed by atoms with Crippen molar-refractivity contribution < 1.29 is 14.3 Å². The summed E-state index contributed by atoms with van der Waals surface area (Å²) in [6.45, 7) is 4.44. The SMILES string of the molecule is CCNC(CC(=O)OCC)C(=O)c1ccc(Cl)c(Cl)c1. The summed E-state index contributed by atoms with van der Waals surface area (Å²) >= 11 is 11.7. The lowest BCUT2D eigenvalue weighted by atomic mass is 10.0. The Bertz CT molecular complexity index is 491. The number of halogens is 2. The number of nitrogens with one attached hydrogen (secondary N) is 1. The van der Waals surface area contributed by atoms with Gasteiger partial charge >= 0.3 is 5.97 Å². The Morgan fingerprint density at radius 3 is 2.50 bits per heavy atom. The van der Waals surface area contributed by atoms with Crippen LogP contribution in [0.1, 0.15) is 30.6 Å². The fourth-order valence-electron chi connectivity index (χ4n) is 1.74. The Labute approximate surface area is 128 Å². The molecule has 0 aromatic heterocycles. The van der Waals surface area contributed by atoms with Crippen LogP contribution in [0.2, 0.25) is 10.0 Å². The zero-order valence-corrected chi connectivity index (χ0v) is 12.9. The van der Waals surface area contributed by atoms with Gasteiger partial charge in [-0.05, 0) is 31.7 Å². The first-order valence-corrected chi connectivity index (χ1v) is 7.13. The van der Waals surface area contributed by atoms with E-state index in [1.165, 1.54) is 6.07 Å². The lowest BCUT2D eigenvalue weighted by molar-refractivity contribution is -0.143. The topological polar surface area (TPSA) is 55.4 Å². The molecule has 0 saturated heterocycles. The van der Waals surface area contributed by atoms with Crippen molar-refractivity contribution in [2.45, 2.75) is 26.3 Å². The van der Waals surface area contributed by atoms with Crippen LogP contribution in [0.25, 0.3) is 0 Å². The maximum absolute atomic E-state index is 12.4. The summed E-state index contributed by atoms with van der Waals surface area (Å²) in [4.78, 5) is 23.9. The fourth-order valence-corrected chi connectivity index (χ4v) is 2.04. The van der Waals surface area contributed by atoms with Crippen LogP contribution in [0.5, 0.6) is 0 Å². The van der Waals surface area contributed by atoms with Crippen LogP contribution in [0.15, 0.2) is 18.2 Å². The van der Waals surface area contributed by atoms with Crippen molar-refractivity contribution >= 4 is 35.0 Å². The number of ether oxygens (including phenoxy) is 1. The molecule has 0 spiro atoms. The summed E-state index contributed by atoms with van der Waals surface area (Å²) in [7, 11) is 0. The molecule has 6 heteroatoms. The van der Waals surface area contributed by atoms with Crippen molar-refractivity contribution in [3.8, 4) is 0 Å². The monoisotopic (exact) mass is 317 g/mol. The van der Waals surface area contributed by atoms with E-state index in [9.17, 15) is 9.59 Å². The van der Waals surface area contributed by atoms with Gasteiger partial charge in [0.25, 0.3) is 0 Å². The number of hydrogen-bond acceptors (Lipinski definition) is 4. The molecule has 1 atom stereocenters. The van der Waals surface area contributed by atoms with Crippen LogP contribution in [0.4, 0.5) is 0 Å². The van der Waals surface area contributed by atoms with Crippen molar-refractivity contribution in [2.75, 3.05) is 13.2 Å². The number of likely N-dealkylation sites (N-methyl/N-ethyl adjacent to an activating group) is 1. The molecule has 0 saturated carbocycles. The molecule has 0 amide bonds. The third-order valence-electron chi connectivity index (χ3n) is 2.65. The molecule has 0 aliphatic rings. The lowest BCUT2D eigenvalue weighted by Gasteiger charge is -2.16. The number of rotatable bonds is 7. The van der Waals surface area contributed by atoms with Gasteiger partial charge in [-0.2, -0.15) is 0 Å². The summed E-state index contributed by atoms with van der Waals surface area (Å²) in [6.07, 6.45) is -0.0131. The van der Waals surface area contributed by atoms with Crippen LogP contribution in [-0.4, -0.2) is 30.9 Å². The molecule has 4 nitrogen and oxygen atoms in total.